The summed E-state index contributed by atoms with van der Waals surface area (Å²) in [6.07, 6.45) is -3.46. The van der Waals surface area contributed by atoms with E-state index in [1.54, 1.807) is 28.7 Å². The summed E-state index contributed by atoms with van der Waals surface area (Å²) in [6.45, 7) is 1.86. The standard InChI is InChI=1S/C20H22O5S2/c1-10(17-8-18-16(27-17)4-5-26-18)11-2-3-14(22)13(6-11)20-19(24)15(23)7-12(9-21)25-20/h2-6,8,10,12,15,19-24H,7,9H2,1H3/t10-,12?,15?,19-,20?/m1/s1. The zero-order valence-electron chi connectivity index (χ0n) is 14.8. The molecule has 2 aromatic heterocycles. The molecule has 7 heteroatoms. The molecule has 4 rings (SSSR count). The van der Waals surface area contributed by atoms with Crippen molar-refractivity contribution < 1.29 is 25.2 Å². The van der Waals surface area contributed by atoms with Gasteiger partial charge in [0.15, 0.2) is 0 Å². The molecule has 0 radical (unpaired) electrons. The Bertz CT molecular complexity index is 905. The van der Waals surface area contributed by atoms with Gasteiger partial charge in [0, 0.05) is 32.2 Å². The molecule has 3 heterocycles. The first-order chi connectivity index (χ1) is 13.0. The van der Waals surface area contributed by atoms with Crippen molar-refractivity contribution in [3.63, 3.8) is 0 Å². The molecule has 0 saturated carbocycles. The molecule has 3 unspecified atom stereocenters. The van der Waals surface area contributed by atoms with E-state index >= 15 is 0 Å². The summed E-state index contributed by atoms with van der Waals surface area (Å²) in [5.74, 6) is 0.126. The minimum atomic E-state index is -1.16. The van der Waals surface area contributed by atoms with E-state index in [1.807, 2.05) is 12.1 Å². The van der Waals surface area contributed by atoms with Gasteiger partial charge in [-0.2, -0.15) is 0 Å². The molecule has 4 N–H and O–H groups in total. The van der Waals surface area contributed by atoms with E-state index in [9.17, 15) is 20.4 Å². The van der Waals surface area contributed by atoms with Gasteiger partial charge >= 0.3 is 0 Å². The lowest BCUT2D eigenvalue weighted by Gasteiger charge is -2.37. The second kappa shape index (κ2) is 7.50. The number of phenolic OH excluding ortho intramolecular Hbond substituents is 1. The topological polar surface area (TPSA) is 90.2 Å². The Morgan fingerprint density at radius 1 is 1.19 bits per heavy atom. The number of hydrogen-bond acceptors (Lipinski definition) is 7. The van der Waals surface area contributed by atoms with E-state index in [2.05, 4.69) is 24.4 Å². The molecular formula is C20H22O5S2. The van der Waals surface area contributed by atoms with Crippen molar-refractivity contribution in [2.24, 2.45) is 0 Å². The summed E-state index contributed by atoms with van der Waals surface area (Å²) >= 11 is 3.47. The fourth-order valence-electron chi connectivity index (χ4n) is 3.56. The average molecular weight is 407 g/mol. The third-order valence-electron chi connectivity index (χ3n) is 5.19. The van der Waals surface area contributed by atoms with Crippen LogP contribution in [-0.4, -0.2) is 45.3 Å². The van der Waals surface area contributed by atoms with Crippen LogP contribution in [0.15, 0.2) is 35.7 Å². The van der Waals surface area contributed by atoms with Gasteiger partial charge in [0.05, 0.1) is 18.8 Å². The second-order valence-corrected chi connectivity index (χ2v) is 9.06. The molecule has 5 nitrogen and oxygen atoms in total. The van der Waals surface area contributed by atoms with Crippen molar-refractivity contribution in [3.05, 3.63) is 51.7 Å². The molecule has 1 aliphatic rings. The van der Waals surface area contributed by atoms with Crippen molar-refractivity contribution in [1.29, 1.82) is 0 Å². The van der Waals surface area contributed by atoms with E-state index in [0.717, 1.165) is 5.56 Å². The van der Waals surface area contributed by atoms with Gasteiger partial charge in [0.2, 0.25) is 0 Å². The van der Waals surface area contributed by atoms with Crippen molar-refractivity contribution in [1.82, 2.24) is 0 Å². The Morgan fingerprint density at radius 2 is 2.00 bits per heavy atom. The van der Waals surface area contributed by atoms with Crippen LogP contribution in [0.5, 0.6) is 5.75 Å². The van der Waals surface area contributed by atoms with E-state index in [-0.39, 0.29) is 24.7 Å². The van der Waals surface area contributed by atoms with E-state index in [0.29, 0.717) is 5.56 Å². The lowest BCUT2D eigenvalue weighted by Crippen LogP contribution is -2.44. The first-order valence-electron chi connectivity index (χ1n) is 8.90. The minimum Gasteiger partial charge on any atom is -0.508 e. The summed E-state index contributed by atoms with van der Waals surface area (Å²) in [6, 6.07) is 9.61. The SMILES string of the molecule is C[C@H](c1ccc(O)c(C2OC(CO)CC(O)[C@H]2O)c1)c1cc2sccc2s1. The van der Waals surface area contributed by atoms with Crippen LogP contribution in [0.25, 0.3) is 9.40 Å². The van der Waals surface area contributed by atoms with Crippen LogP contribution in [0.1, 0.15) is 41.4 Å². The second-order valence-electron chi connectivity index (χ2n) is 6.99. The van der Waals surface area contributed by atoms with E-state index in [1.165, 1.54) is 14.3 Å². The van der Waals surface area contributed by atoms with Crippen LogP contribution < -0.4 is 0 Å². The molecule has 0 bridgehead atoms. The Hall–Kier alpha value is -1.48. The number of hydrogen-bond donors (Lipinski definition) is 4. The fourth-order valence-corrected chi connectivity index (χ4v) is 5.76. The molecule has 3 aromatic rings. The third-order valence-corrected chi connectivity index (χ3v) is 7.47. The smallest absolute Gasteiger partial charge is 0.121 e. The number of fused-ring (bicyclic) bond motifs is 1. The van der Waals surface area contributed by atoms with Crippen LogP contribution in [-0.2, 0) is 4.74 Å². The summed E-state index contributed by atoms with van der Waals surface area (Å²) < 4.78 is 8.27. The minimum absolute atomic E-state index is 0.00736. The van der Waals surface area contributed by atoms with Crippen LogP contribution in [0.3, 0.4) is 0 Å². The van der Waals surface area contributed by atoms with Crippen molar-refractivity contribution in [3.8, 4) is 5.75 Å². The molecule has 1 fully saturated rings. The van der Waals surface area contributed by atoms with Crippen LogP contribution >= 0.6 is 22.7 Å². The Kier molecular flexibility index (Phi) is 5.24. The molecule has 1 aliphatic heterocycles. The Labute approximate surface area is 165 Å². The molecule has 0 amide bonds. The van der Waals surface area contributed by atoms with Crippen LogP contribution in [0.2, 0.25) is 0 Å². The third kappa shape index (κ3) is 3.51. The van der Waals surface area contributed by atoms with E-state index in [4.69, 9.17) is 4.74 Å². The highest BCUT2D eigenvalue weighted by molar-refractivity contribution is 7.27. The number of phenols is 1. The monoisotopic (exact) mass is 406 g/mol. The number of ether oxygens (including phenoxy) is 1. The molecule has 5 atom stereocenters. The van der Waals surface area contributed by atoms with Crippen LogP contribution in [0.4, 0.5) is 0 Å². The Balaban J connectivity index is 1.67. The van der Waals surface area contributed by atoms with Crippen molar-refractivity contribution in [2.75, 3.05) is 6.61 Å². The van der Waals surface area contributed by atoms with Gasteiger partial charge in [0.25, 0.3) is 0 Å². The lowest BCUT2D eigenvalue weighted by molar-refractivity contribution is -0.180. The summed E-state index contributed by atoms with van der Waals surface area (Å²) in [7, 11) is 0. The van der Waals surface area contributed by atoms with Crippen LogP contribution in [0, 0.1) is 0 Å². The maximum atomic E-state index is 10.4. The molecule has 144 valence electrons. The van der Waals surface area contributed by atoms with Crippen molar-refractivity contribution >= 4 is 32.1 Å². The van der Waals surface area contributed by atoms with Gasteiger partial charge in [0.1, 0.15) is 18.0 Å². The van der Waals surface area contributed by atoms with Gasteiger partial charge in [-0.25, -0.2) is 0 Å². The number of aromatic hydroxyl groups is 1. The highest BCUT2D eigenvalue weighted by Crippen LogP contribution is 2.41. The molecule has 1 saturated heterocycles. The molecular weight excluding hydrogens is 384 g/mol. The molecule has 1 aromatic carbocycles. The summed E-state index contributed by atoms with van der Waals surface area (Å²) in [5.41, 5.74) is 1.43. The first kappa shape index (κ1) is 18.9. The maximum Gasteiger partial charge on any atom is 0.121 e. The zero-order chi connectivity index (χ0) is 19.1. The van der Waals surface area contributed by atoms with Gasteiger partial charge in [-0.1, -0.05) is 13.0 Å². The van der Waals surface area contributed by atoms with E-state index < -0.39 is 24.4 Å². The molecule has 0 spiro atoms. The lowest BCUT2D eigenvalue weighted by atomic mass is 9.90. The highest BCUT2D eigenvalue weighted by atomic mass is 32.1. The summed E-state index contributed by atoms with van der Waals surface area (Å²) in [4.78, 5) is 1.23. The van der Waals surface area contributed by atoms with Crippen molar-refractivity contribution in [2.45, 2.75) is 43.7 Å². The van der Waals surface area contributed by atoms with Gasteiger partial charge in [-0.15, -0.1) is 22.7 Å². The number of rotatable bonds is 4. The predicted molar refractivity (Wildman–Crippen MR) is 107 cm³/mol. The quantitative estimate of drug-likeness (QED) is 0.533. The maximum absolute atomic E-state index is 10.4. The number of aliphatic hydroxyl groups excluding tert-OH is 3. The zero-order valence-corrected chi connectivity index (χ0v) is 16.4. The first-order valence-corrected chi connectivity index (χ1v) is 10.6. The number of aliphatic hydroxyl groups is 3. The van der Waals surface area contributed by atoms with Gasteiger partial charge in [-0.05, 0) is 35.2 Å². The molecule has 27 heavy (non-hydrogen) atoms. The molecule has 0 aliphatic carbocycles. The summed E-state index contributed by atoms with van der Waals surface area (Å²) in [5, 5.41) is 42.3. The fraction of sp³-hybridized carbons (Fsp3) is 0.400. The Morgan fingerprint density at radius 3 is 2.74 bits per heavy atom. The predicted octanol–water partition coefficient (Wildman–Crippen LogP) is 3.36. The van der Waals surface area contributed by atoms with Gasteiger partial charge in [-0.3, -0.25) is 0 Å². The highest BCUT2D eigenvalue weighted by Gasteiger charge is 2.38. The number of thiophene rings is 2. The number of benzene rings is 1. The normalized spacial score (nSPS) is 27.1. The largest absolute Gasteiger partial charge is 0.508 e. The van der Waals surface area contributed by atoms with Gasteiger partial charge < -0.3 is 25.2 Å². The average Bonchev–Trinajstić information content (AvgIpc) is 3.26.